The van der Waals surface area contributed by atoms with E-state index >= 15 is 0 Å². The Labute approximate surface area is 154 Å². The molecule has 1 unspecified atom stereocenters. The highest BCUT2D eigenvalue weighted by molar-refractivity contribution is 5.97. The van der Waals surface area contributed by atoms with Crippen LogP contribution in [0.1, 0.15) is 22.0 Å². The Kier molecular flexibility index (Phi) is 6.86. The van der Waals surface area contributed by atoms with Crippen LogP contribution in [-0.2, 0) is 0 Å². The Balaban J connectivity index is 2.15. The van der Waals surface area contributed by atoms with Crippen molar-refractivity contribution in [2.75, 3.05) is 42.0 Å². The van der Waals surface area contributed by atoms with Crippen molar-refractivity contribution >= 4 is 5.91 Å². The van der Waals surface area contributed by atoms with E-state index in [2.05, 4.69) is 10.2 Å². The SMILES string of the molecule is COc1ccc(C(CNC(=O)c2cccc(OC)c2OC)N(C)C)cc1. The van der Waals surface area contributed by atoms with Gasteiger partial charge in [0, 0.05) is 6.54 Å². The maximum Gasteiger partial charge on any atom is 0.255 e. The molecule has 0 aromatic heterocycles. The number of nitrogens with one attached hydrogen (secondary N) is 1. The number of rotatable bonds is 8. The molecule has 26 heavy (non-hydrogen) atoms. The van der Waals surface area contributed by atoms with Gasteiger partial charge in [-0.05, 0) is 43.9 Å². The van der Waals surface area contributed by atoms with Crippen molar-refractivity contribution in [3.05, 3.63) is 53.6 Å². The summed E-state index contributed by atoms with van der Waals surface area (Å²) >= 11 is 0. The zero-order valence-corrected chi connectivity index (χ0v) is 15.9. The lowest BCUT2D eigenvalue weighted by molar-refractivity contribution is 0.0938. The minimum absolute atomic E-state index is 0.0291. The number of nitrogens with zero attached hydrogens (tertiary/aromatic N) is 1. The highest BCUT2D eigenvalue weighted by Crippen LogP contribution is 2.30. The van der Waals surface area contributed by atoms with Gasteiger partial charge in [-0.15, -0.1) is 0 Å². The van der Waals surface area contributed by atoms with Crippen LogP contribution >= 0.6 is 0 Å². The molecule has 0 aliphatic carbocycles. The van der Waals surface area contributed by atoms with Gasteiger partial charge in [0.1, 0.15) is 5.75 Å². The Morgan fingerprint density at radius 3 is 2.23 bits per heavy atom. The smallest absolute Gasteiger partial charge is 0.255 e. The van der Waals surface area contributed by atoms with E-state index in [-0.39, 0.29) is 11.9 Å². The van der Waals surface area contributed by atoms with Gasteiger partial charge in [0.15, 0.2) is 11.5 Å². The van der Waals surface area contributed by atoms with Crippen molar-refractivity contribution in [1.29, 1.82) is 0 Å². The lowest BCUT2D eigenvalue weighted by Gasteiger charge is -2.25. The third kappa shape index (κ3) is 4.46. The fourth-order valence-corrected chi connectivity index (χ4v) is 2.78. The van der Waals surface area contributed by atoms with E-state index in [1.807, 2.05) is 38.4 Å². The number of benzene rings is 2. The van der Waals surface area contributed by atoms with Gasteiger partial charge in [0.25, 0.3) is 5.91 Å². The normalized spacial score (nSPS) is 11.8. The first-order chi connectivity index (χ1) is 12.5. The van der Waals surface area contributed by atoms with Crippen LogP contribution in [0.15, 0.2) is 42.5 Å². The molecule has 6 nitrogen and oxygen atoms in total. The molecule has 6 heteroatoms. The average molecular weight is 358 g/mol. The van der Waals surface area contributed by atoms with Crippen molar-refractivity contribution in [3.63, 3.8) is 0 Å². The van der Waals surface area contributed by atoms with E-state index in [1.54, 1.807) is 32.4 Å². The monoisotopic (exact) mass is 358 g/mol. The maximum absolute atomic E-state index is 12.7. The predicted molar refractivity (Wildman–Crippen MR) is 101 cm³/mol. The fraction of sp³-hybridized carbons (Fsp3) is 0.350. The van der Waals surface area contributed by atoms with Crippen molar-refractivity contribution < 1.29 is 19.0 Å². The molecule has 1 atom stereocenters. The second-order valence-corrected chi connectivity index (χ2v) is 6.00. The molecule has 140 valence electrons. The maximum atomic E-state index is 12.7. The molecule has 2 rings (SSSR count). The molecule has 1 amide bonds. The zero-order valence-electron chi connectivity index (χ0n) is 15.9. The number of hydrogen-bond donors (Lipinski definition) is 1. The summed E-state index contributed by atoms with van der Waals surface area (Å²) in [6, 6.07) is 13.1. The predicted octanol–water partition coefficient (Wildman–Crippen LogP) is 2.75. The topological polar surface area (TPSA) is 60.0 Å². The van der Waals surface area contributed by atoms with Crippen LogP contribution in [0.3, 0.4) is 0 Å². The Morgan fingerprint density at radius 2 is 1.69 bits per heavy atom. The number of para-hydroxylation sites is 1. The van der Waals surface area contributed by atoms with Gasteiger partial charge in [0.2, 0.25) is 0 Å². The number of hydrogen-bond acceptors (Lipinski definition) is 5. The molecule has 2 aromatic rings. The van der Waals surface area contributed by atoms with E-state index in [4.69, 9.17) is 14.2 Å². The van der Waals surface area contributed by atoms with Crippen LogP contribution in [0, 0.1) is 0 Å². The quantitative estimate of drug-likeness (QED) is 0.786. The van der Waals surface area contributed by atoms with E-state index in [0.29, 0.717) is 23.6 Å². The summed E-state index contributed by atoms with van der Waals surface area (Å²) in [6.45, 7) is 0.457. The second kappa shape index (κ2) is 9.10. The van der Waals surface area contributed by atoms with Gasteiger partial charge in [-0.3, -0.25) is 4.79 Å². The first kappa shape index (κ1) is 19.6. The summed E-state index contributed by atoms with van der Waals surface area (Å²) in [4.78, 5) is 14.7. The van der Waals surface area contributed by atoms with Gasteiger partial charge in [-0.25, -0.2) is 0 Å². The van der Waals surface area contributed by atoms with Crippen molar-refractivity contribution in [2.45, 2.75) is 6.04 Å². The highest BCUT2D eigenvalue weighted by Gasteiger charge is 2.19. The molecule has 2 aromatic carbocycles. The summed E-state index contributed by atoms with van der Waals surface area (Å²) in [7, 11) is 8.67. The van der Waals surface area contributed by atoms with E-state index < -0.39 is 0 Å². The third-order valence-corrected chi connectivity index (χ3v) is 4.23. The van der Waals surface area contributed by atoms with E-state index in [1.165, 1.54) is 7.11 Å². The molecule has 0 saturated carbocycles. The van der Waals surface area contributed by atoms with Crippen LogP contribution in [0.2, 0.25) is 0 Å². The molecular formula is C20H26N2O4. The number of methoxy groups -OCH3 is 3. The molecule has 0 fully saturated rings. The largest absolute Gasteiger partial charge is 0.497 e. The zero-order chi connectivity index (χ0) is 19.1. The second-order valence-electron chi connectivity index (χ2n) is 6.00. The van der Waals surface area contributed by atoms with Crippen molar-refractivity contribution in [1.82, 2.24) is 10.2 Å². The van der Waals surface area contributed by atoms with Crippen molar-refractivity contribution in [3.8, 4) is 17.2 Å². The number of carbonyl (C=O) groups is 1. The highest BCUT2D eigenvalue weighted by atomic mass is 16.5. The summed E-state index contributed by atoms with van der Waals surface area (Å²) in [5.74, 6) is 1.55. The summed E-state index contributed by atoms with van der Waals surface area (Å²) in [6.07, 6.45) is 0. The summed E-state index contributed by atoms with van der Waals surface area (Å²) in [5.41, 5.74) is 1.53. The average Bonchev–Trinajstić information content (AvgIpc) is 2.67. The Hall–Kier alpha value is -2.73. The molecule has 0 aliphatic rings. The van der Waals surface area contributed by atoms with E-state index in [9.17, 15) is 4.79 Å². The van der Waals surface area contributed by atoms with Gasteiger partial charge in [-0.2, -0.15) is 0 Å². The summed E-state index contributed by atoms with van der Waals surface area (Å²) < 4.78 is 15.8. The van der Waals surface area contributed by atoms with Crippen LogP contribution in [0.5, 0.6) is 17.2 Å². The van der Waals surface area contributed by atoms with Gasteiger partial charge < -0.3 is 24.4 Å². The molecule has 1 N–H and O–H groups in total. The molecule has 0 radical (unpaired) electrons. The van der Waals surface area contributed by atoms with Gasteiger partial charge in [0.05, 0.1) is 32.9 Å². The van der Waals surface area contributed by atoms with Crippen LogP contribution in [0.25, 0.3) is 0 Å². The molecule has 0 saturated heterocycles. The standard InChI is InChI=1S/C20H26N2O4/c1-22(2)17(14-9-11-15(24-3)12-10-14)13-21-20(23)16-7-6-8-18(25-4)19(16)26-5/h6-12,17H,13H2,1-5H3,(H,21,23). The Bertz CT molecular complexity index is 729. The number of likely N-dealkylation sites (N-methyl/N-ethyl adjacent to an activating group) is 1. The van der Waals surface area contributed by atoms with Crippen LogP contribution in [-0.4, -0.2) is 52.8 Å². The van der Waals surface area contributed by atoms with Crippen molar-refractivity contribution in [2.24, 2.45) is 0 Å². The van der Waals surface area contributed by atoms with Gasteiger partial charge in [-0.1, -0.05) is 18.2 Å². The minimum Gasteiger partial charge on any atom is -0.497 e. The van der Waals surface area contributed by atoms with Crippen LogP contribution < -0.4 is 19.5 Å². The molecule has 0 spiro atoms. The third-order valence-electron chi connectivity index (χ3n) is 4.23. The number of carbonyl (C=O) groups excluding carboxylic acids is 1. The van der Waals surface area contributed by atoms with Crippen LogP contribution in [0.4, 0.5) is 0 Å². The number of amides is 1. The van der Waals surface area contributed by atoms with E-state index in [0.717, 1.165) is 11.3 Å². The Morgan fingerprint density at radius 1 is 1.00 bits per heavy atom. The molecular weight excluding hydrogens is 332 g/mol. The number of ether oxygens (including phenoxy) is 3. The molecule has 0 aliphatic heterocycles. The molecule has 0 heterocycles. The molecule has 0 bridgehead atoms. The first-order valence-corrected chi connectivity index (χ1v) is 8.31. The minimum atomic E-state index is -0.207. The lowest BCUT2D eigenvalue weighted by Crippen LogP contribution is -2.34. The summed E-state index contributed by atoms with van der Waals surface area (Å²) in [5, 5.41) is 2.99. The lowest BCUT2D eigenvalue weighted by atomic mass is 10.1. The fourth-order valence-electron chi connectivity index (χ4n) is 2.78. The first-order valence-electron chi connectivity index (χ1n) is 8.31. The van der Waals surface area contributed by atoms with Gasteiger partial charge >= 0.3 is 0 Å².